The fraction of sp³-hybridized carbons (Fsp3) is 0.400. The van der Waals surface area contributed by atoms with Crippen LogP contribution in [0.2, 0.25) is 0 Å². The normalized spacial score (nSPS) is 10.9. The van der Waals surface area contributed by atoms with Gasteiger partial charge in [0.1, 0.15) is 5.82 Å². The largest absolute Gasteiger partial charge is 0.352 e. The van der Waals surface area contributed by atoms with Crippen LogP contribution in [0, 0.1) is 12.7 Å². The number of halogens is 1. The average Bonchev–Trinajstić information content (AvgIpc) is 2.62. The summed E-state index contributed by atoms with van der Waals surface area (Å²) in [6.07, 6.45) is 0.924. The van der Waals surface area contributed by atoms with Crippen molar-refractivity contribution in [2.24, 2.45) is 0 Å². The van der Waals surface area contributed by atoms with Gasteiger partial charge in [-0.1, -0.05) is 13.8 Å². The minimum absolute atomic E-state index is 0.102. The van der Waals surface area contributed by atoms with Gasteiger partial charge in [0.25, 0.3) is 5.91 Å². The SMILES string of the molecule is CCN(CC)CCCNC(=O)c1ccc(-c2ccc(F)cc2)nc1C. The molecule has 4 nitrogen and oxygen atoms in total. The Morgan fingerprint density at radius 1 is 1.12 bits per heavy atom. The molecule has 0 aliphatic rings. The number of nitrogens with one attached hydrogen (secondary N) is 1. The fourth-order valence-corrected chi connectivity index (χ4v) is 2.72. The second-order valence-electron chi connectivity index (χ2n) is 5.97. The van der Waals surface area contributed by atoms with E-state index >= 15 is 0 Å². The first kappa shape index (κ1) is 19.1. The Morgan fingerprint density at radius 3 is 2.40 bits per heavy atom. The van der Waals surface area contributed by atoms with Crippen molar-refractivity contribution in [3.63, 3.8) is 0 Å². The Labute approximate surface area is 149 Å². The van der Waals surface area contributed by atoms with E-state index in [0.717, 1.165) is 37.3 Å². The molecule has 0 saturated heterocycles. The molecule has 5 heteroatoms. The summed E-state index contributed by atoms with van der Waals surface area (Å²) in [5.41, 5.74) is 2.81. The zero-order valence-electron chi connectivity index (χ0n) is 15.2. The molecule has 2 rings (SSSR count). The lowest BCUT2D eigenvalue weighted by atomic mass is 10.1. The summed E-state index contributed by atoms with van der Waals surface area (Å²) >= 11 is 0. The maximum Gasteiger partial charge on any atom is 0.253 e. The standard InChI is InChI=1S/C20H26FN3O/c1-4-24(5-2)14-6-13-22-20(25)18-11-12-19(23-15(18)3)16-7-9-17(21)10-8-16/h7-12H,4-6,13-14H2,1-3H3,(H,22,25). The number of rotatable bonds is 8. The zero-order chi connectivity index (χ0) is 18.2. The van der Waals surface area contributed by atoms with Crippen molar-refractivity contribution in [3.05, 3.63) is 53.5 Å². The molecule has 0 radical (unpaired) electrons. The van der Waals surface area contributed by atoms with Gasteiger partial charge in [-0.2, -0.15) is 0 Å². The van der Waals surface area contributed by atoms with Crippen LogP contribution in [-0.4, -0.2) is 42.0 Å². The van der Waals surface area contributed by atoms with Crippen LogP contribution in [0.4, 0.5) is 4.39 Å². The Morgan fingerprint density at radius 2 is 1.80 bits per heavy atom. The van der Waals surface area contributed by atoms with Crippen LogP contribution < -0.4 is 5.32 Å². The molecule has 0 unspecified atom stereocenters. The summed E-state index contributed by atoms with van der Waals surface area (Å²) in [5.74, 6) is -0.378. The number of hydrogen-bond acceptors (Lipinski definition) is 3. The summed E-state index contributed by atoms with van der Waals surface area (Å²) in [4.78, 5) is 19.1. The third-order valence-corrected chi connectivity index (χ3v) is 4.30. The molecule has 0 aliphatic carbocycles. The van der Waals surface area contributed by atoms with Gasteiger partial charge < -0.3 is 10.2 Å². The van der Waals surface area contributed by atoms with Gasteiger partial charge in [-0.05, 0) is 69.4 Å². The highest BCUT2D eigenvalue weighted by Crippen LogP contribution is 2.19. The number of carbonyl (C=O) groups is 1. The number of aromatic nitrogens is 1. The van der Waals surface area contributed by atoms with Crippen molar-refractivity contribution in [2.45, 2.75) is 27.2 Å². The molecule has 0 atom stereocenters. The Kier molecular flexibility index (Phi) is 7.07. The Bertz CT molecular complexity index is 697. The third kappa shape index (κ3) is 5.36. The molecule has 134 valence electrons. The van der Waals surface area contributed by atoms with Gasteiger partial charge in [-0.3, -0.25) is 9.78 Å². The van der Waals surface area contributed by atoms with Crippen molar-refractivity contribution in [1.82, 2.24) is 15.2 Å². The predicted molar refractivity (Wildman–Crippen MR) is 99.1 cm³/mol. The highest BCUT2D eigenvalue weighted by Gasteiger charge is 2.11. The zero-order valence-corrected chi connectivity index (χ0v) is 15.2. The smallest absolute Gasteiger partial charge is 0.253 e. The maximum absolute atomic E-state index is 13.0. The van der Waals surface area contributed by atoms with Crippen molar-refractivity contribution < 1.29 is 9.18 Å². The number of benzene rings is 1. The molecule has 2 aromatic rings. The molecule has 0 fully saturated rings. The Hall–Kier alpha value is -2.27. The first-order valence-corrected chi connectivity index (χ1v) is 8.79. The van der Waals surface area contributed by atoms with Gasteiger partial charge in [0.2, 0.25) is 0 Å². The van der Waals surface area contributed by atoms with Gasteiger partial charge in [-0.15, -0.1) is 0 Å². The van der Waals surface area contributed by atoms with E-state index in [1.54, 1.807) is 24.3 Å². The summed E-state index contributed by atoms with van der Waals surface area (Å²) in [6, 6.07) is 9.76. The molecule has 1 N–H and O–H groups in total. The van der Waals surface area contributed by atoms with Crippen LogP contribution in [0.25, 0.3) is 11.3 Å². The van der Waals surface area contributed by atoms with Crippen molar-refractivity contribution in [1.29, 1.82) is 0 Å². The molecule has 0 spiro atoms. The second kappa shape index (κ2) is 9.28. The number of nitrogens with zero attached hydrogens (tertiary/aromatic N) is 2. The summed E-state index contributed by atoms with van der Waals surface area (Å²) in [5, 5.41) is 2.95. The van der Waals surface area contributed by atoms with E-state index in [-0.39, 0.29) is 11.7 Å². The van der Waals surface area contributed by atoms with Crippen molar-refractivity contribution >= 4 is 5.91 Å². The summed E-state index contributed by atoms with van der Waals surface area (Å²) < 4.78 is 13.0. The van der Waals surface area contributed by atoms with E-state index in [1.807, 2.05) is 6.92 Å². The molecule has 1 amide bonds. The molecule has 25 heavy (non-hydrogen) atoms. The summed E-state index contributed by atoms with van der Waals surface area (Å²) in [7, 11) is 0. The van der Waals surface area contributed by atoms with Crippen LogP contribution in [0.1, 0.15) is 36.3 Å². The monoisotopic (exact) mass is 343 g/mol. The predicted octanol–water partition coefficient (Wildman–Crippen LogP) is 3.66. The third-order valence-electron chi connectivity index (χ3n) is 4.30. The lowest BCUT2D eigenvalue weighted by Gasteiger charge is -2.17. The van der Waals surface area contributed by atoms with Gasteiger partial charge >= 0.3 is 0 Å². The van der Waals surface area contributed by atoms with Crippen LogP contribution in [0.5, 0.6) is 0 Å². The molecule has 1 heterocycles. The molecule has 1 aromatic heterocycles. The van der Waals surface area contributed by atoms with Gasteiger partial charge in [0.15, 0.2) is 0 Å². The lowest BCUT2D eigenvalue weighted by Crippen LogP contribution is -2.30. The minimum atomic E-state index is -0.277. The van der Waals surface area contributed by atoms with Crippen molar-refractivity contribution in [3.8, 4) is 11.3 Å². The topological polar surface area (TPSA) is 45.2 Å². The molecule has 0 saturated carbocycles. The van der Waals surface area contributed by atoms with Crippen LogP contribution in [0.3, 0.4) is 0 Å². The highest BCUT2D eigenvalue weighted by atomic mass is 19.1. The van der Waals surface area contributed by atoms with E-state index in [9.17, 15) is 9.18 Å². The quantitative estimate of drug-likeness (QED) is 0.744. The molecular formula is C20H26FN3O. The molecule has 1 aromatic carbocycles. The van der Waals surface area contributed by atoms with Gasteiger partial charge in [0, 0.05) is 12.1 Å². The van der Waals surface area contributed by atoms with E-state index in [0.29, 0.717) is 17.8 Å². The van der Waals surface area contributed by atoms with Crippen LogP contribution in [-0.2, 0) is 0 Å². The van der Waals surface area contributed by atoms with E-state index in [1.165, 1.54) is 12.1 Å². The van der Waals surface area contributed by atoms with E-state index in [4.69, 9.17) is 0 Å². The van der Waals surface area contributed by atoms with Gasteiger partial charge in [-0.25, -0.2) is 4.39 Å². The highest BCUT2D eigenvalue weighted by molar-refractivity contribution is 5.95. The maximum atomic E-state index is 13.0. The first-order valence-electron chi connectivity index (χ1n) is 8.79. The van der Waals surface area contributed by atoms with E-state index < -0.39 is 0 Å². The molecular weight excluding hydrogens is 317 g/mol. The lowest BCUT2D eigenvalue weighted by molar-refractivity contribution is 0.0951. The molecule has 0 bridgehead atoms. The number of amides is 1. The van der Waals surface area contributed by atoms with E-state index in [2.05, 4.69) is 29.0 Å². The van der Waals surface area contributed by atoms with Gasteiger partial charge in [0.05, 0.1) is 17.0 Å². The van der Waals surface area contributed by atoms with Crippen LogP contribution >= 0.6 is 0 Å². The number of carbonyl (C=O) groups excluding carboxylic acids is 1. The average molecular weight is 343 g/mol. The first-order chi connectivity index (χ1) is 12.0. The second-order valence-corrected chi connectivity index (χ2v) is 5.97. The fourth-order valence-electron chi connectivity index (χ4n) is 2.72. The Balaban J connectivity index is 1.95. The number of hydrogen-bond donors (Lipinski definition) is 1. The number of pyridine rings is 1. The van der Waals surface area contributed by atoms with Crippen molar-refractivity contribution in [2.75, 3.05) is 26.2 Å². The van der Waals surface area contributed by atoms with Crippen LogP contribution in [0.15, 0.2) is 36.4 Å². The number of aryl methyl sites for hydroxylation is 1. The summed E-state index contributed by atoms with van der Waals surface area (Å²) in [6.45, 7) is 9.77. The molecule has 0 aliphatic heterocycles. The minimum Gasteiger partial charge on any atom is -0.352 e.